The molecule has 0 radical (unpaired) electrons. The average molecular weight is 374 g/mol. The molecule has 1 fully saturated rings. The lowest BCUT2D eigenvalue weighted by molar-refractivity contribution is -0.140. The third-order valence-corrected chi connectivity index (χ3v) is 6.09. The summed E-state index contributed by atoms with van der Waals surface area (Å²) in [5.41, 5.74) is 1.75. The molecular weight excluding hydrogens is 350 g/mol. The van der Waals surface area contributed by atoms with Gasteiger partial charge in [0.2, 0.25) is 10.0 Å². The van der Waals surface area contributed by atoms with Crippen molar-refractivity contribution < 1.29 is 17.9 Å². The van der Waals surface area contributed by atoms with Gasteiger partial charge in [-0.05, 0) is 48.9 Å². The van der Waals surface area contributed by atoms with E-state index in [1.807, 2.05) is 26.8 Å². The van der Waals surface area contributed by atoms with E-state index in [4.69, 9.17) is 16.3 Å². The first-order chi connectivity index (χ1) is 11.1. The van der Waals surface area contributed by atoms with Crippen molar-refractivity contribution in [2.75, 3.05) is 19.3 Å². The van der Waals surface area contributed by atoms with Gasteiger partial charge in [-0.3, -0.25) is 4.79 Å². The van der Waals surface area contributed by atoms with Crippen LogP contribution in [0.5, 0.6) is 5.75 Å². The Morgan fingerprint density at radius 1 is 1.29 bits per heavy atom. The minimum atomic E-state index is -3.20. The van der Waals surface area contributed by atoms with Crippen molar-refractivity contribution in [2.45, 2.75) is 39.5 Å². The van der Waals surface area contributed by atoms with Crippen LogP contribution in [0.25, 0.3) is 0 Å². The molecule has 1 aromatic rings. The first-order valence-corrected chi connectivity index (χ1v) is 10.3. The quantitative estimate of drug-likeness (QED) is 0.599. The molecule has 1 saturated heterocycles. The van der Waals surface area contributed by atoms with Gasteiger partial charge in [0.15, 0.2) is 0 Å². The molecule has 134 valence electrons. The van der Waals surface area contributed by atoms with Crippen molar-refractivity contribution in [2.24, 2.45) is 5.92 Å². The van der Waals surface area contributed by atoms with E-state index >= 15 is 0 Å². The molecule has 0 amide bonds. The van der Waals surface area contributed by atoms with Crippen LogP contribution in [-0.4, -0.2) is 38.0 Å². The van der Waals surface area contributed by atoms with Crippen LogP contribution in [0.1, 0.15) is 43.7 Å². The van der Waals surface area contributed by atoms with Crippen LogP contribution in [0.4, 0.5) is 0 Å². The Labute approximate surface area is 149 Å². The molecule has 0 spiro atoms. The lowest BCUT2D eigenvalue weighted by atomic mass is 9.97. The van der Waals surface area contributed by atoms with Gasteiger partial charge in [0.05, 0.1) is 12.2 Å². The summed E-state index contributed by atoms with van der Waals surface area (Å²) in [7, 11) is -3.20. The first-order valence-electron chi connectivity index (χ1n) is 8.06. The van der Waals surface area contributed by atoms with Crippen LogP contribution < -0.4 is 4.74 Å². The van der Waals surface area contributed by atoms with Crippen LogP contribution in [0, 0.1) is 12.8 Å². The van der Waals surface area contributed by atoms with Crippen LogP contribution in [-0.2, 0) is 14.8 Å². The minimum absolute atomic E-state index is 0.179. The molecular formula is C17H24ClNO4S. The molecule has 2 rings (SSSR count). The summed E-state index contributed by atoms with van der Waals surface area (Å²) in [6.07, 6.45) is 2.15. The number of nitrogens with zero attached hydrogens (tertiary/aromatic N) is 1. The number of piperidine rings is 1. The number of carbonyl (C=O) groups is 1. The molecule has 7 heteroatoms. The van der Waals surface area contributed by atoms with E-state index in [-0.39, 0.29) is 17.8 Å². The Morgan fingerprint density at radius 3 is 2.38 bits per heavy atom. The summed E-state index contributed by atoms with van der Waals surface area (Å²) >= 11 is 6.17. The standard InChI is InChI=1S/C17H24ClNO4S/c1-11(2)14-10-15(18)12(3)9-16(14)23-17(20)13-5-7-19(8-6-13)24(4,21)22/h9-11,13H,5-8H2,1-4H3. The zero-order valence-corrected chi connectivity index (χ0v) is 16.1. The molecule has 0 unspecified atom stereocenters. The lowest BCUT2D eigenvalue weighted by Crippen LogP contribution is -2.40. The van der Waals surface area contributed by atoms with E-state index in [1.54, 1.807) is 6.07 Å². The summed E-state index contributed by atoms with van der Waals surface area (Å²) in [5.74, 6) is 0.145. The Morgan fingerprint density at radius 2 is 1.88 bits per heavy atom. The van der Waals surface area contributed by atoms with Gasteiger partial charge in [0, 0.05) is 18.1 Å². The number of sulfonamides is 1. The highest BCUT2D eigenvalue weighted by Gasteiger charge is 2.30. The largest absolute Gasteiger partial charge is 0.426 e. The predicted octanol–water partition coefficient (Wildman–Crippen LogP) is 3.35. The molecule has 0 aliphatic carbocycles. The SMILES string of the molecule is Cc1cc(OC(=O)C2CCN(S(C)(=O)=O)CC2)c(C(C)C)cc1Cl. The van der Waals surface area contributed by atoms with Crippen molar-refractivity contribution >= 4 is 27.6 Å². The zero-order valence-electron chi connectivity index (χ0n) is 14.5. The minimum Gasteiger partial charge on any atom is -0.426 e. The van der Waals surface area contributed by atoms with Gasteiger partial charge in [0.25, 0.3) is 0 Å². The summed E-state index contributed by atoms with van der Waals surface area (Å²) in [6, 6.07) is 3.64. The summed E-state index contributed by atoms with van der Waals surface area (Å²) < 4.78 is 30.1. The monoisotopic (exact) mass is 373 g/mol. The normalized spacial score (nSPS) is 17.2. The summed E-state index contributed by atoms with van der Waals surface area (Å²) in [5, 5.41) is 0.653. The summed E-state index contributed by atoms with van der Waals surface area (Å²) in [4.78, 5) is 12.5. The van der Waals surface area contributed by atoms with E-state index in [9.17, 15) is 13.2 Å². The number of esters is 1. The highest BCUT2D eigenvalue weighted by atomic mass is 35.5. The van der Waals surface area contributed by atoms with Crippen molar-refractivity contribution in [3.63, 3.8) is 0 Å². The Hall–Kier alpha value is -1.11. The highest BCUT2D eigenvalue weighted by Crippen LogP contribution is 2.33. The number of benzene rings is 1. The van der Waals surface area contributed by atoms with Crippen LogP contribution in [0.15, 0.2) is 12.1 Å². The molecule has 0 saturated carbocycles. The van der Waals surface area contributed by atoms with E-state index in [0.717, 1.165) is 11.1 Å². The number of halogens is 1. The number of aryl methyl sites for hydroxylation is 1. The third kappa shape index (κ3) is 4.49. The number of carbonyl (C=O) groups excluding carboxylic acids is 1. The molecule has 1 heterocycles. The second-order valence-electron chi connectivity index (χ2n) is 6.65. The number of rotatable bonds is 4. The first kappa shape index (κ1) is 19.2. The fraction of sp³-hybridized carbons (Fsp3) is 0.588. The maximum atomic E-state index is 12.5. The lowest BCUT2D eigenvalue weighted by Gasteiger charge is -2.29. The van der Waals surface area contributed by atoms with E-state index in [0.29, 0.717) is 36.7 Å². The molecule has 0 N–H and O–H groups in total. The Bertz CT molecular complexity index is 722. The molecule has 5 nitrogen and oxygen atoms in total. The van der Waals surface area contributed by atoms with Gasteiger partial charge in [-0.25, -0.2) is 12.7 Å². The maximum Gasteiger partial charge on any atom is 0.314 e. The molecule has 0 aromatic heterocycles. The van der Waals surface area contributed by atoms with Crippen LogP contribution in [0.2, 0.25) is 5.02 Å². The molecule has 0 atom stereocenters. The van der Waals surface area contributed by atoms with Crippen molar-refractivity contribution in [1.29, 1.82) is 0 Å². The Balaban J connectivity index is 2.10. The van der Waals surface area contributed by atoms with Crippen molar-refractivity contribution in [1.82, 2.24) is 4.31 Å². The second kappa shape index (κ2) is 7.42. The average Bonchev–Trinajstić information content (AvgIpc) is 2.49. The molecule has 1 aliphatic heterocycles. The zero-order chi connectivity index (χ0) is 18.1. The van der Waals surface area contributed by atoms with Crippen molar-refractivity contribution in [3.8, 4) is 5.75 Å². The topological polar surface area (TPSA) is 63.7 Å². The fourth-order valence-electron chi connectivity index (χ4n) is 2.82. The van der Waals surface area contributed by atoms with Gasteiger partial charge >= 0.3 is 5.97 Å². The number of ether oxygens (including phenoxy) is 1. The fourth-order valence-corrected chi connectivity index (χ4v) is 3.87. The van der Waals surface area contributed by atoms with E-state index in [1.165, 1.54) is 10.6 Å². The van der Waals surface area contributed by atoms with Gasteiger partial charge in [-0.15, -0.1) is 0 Å². The molecule has 24 heavy (non-hydrogen) atoms. The molecule has 1 aliphatic rings. The molecule has 1 aromatic carbocycles. The van der Waals surface area contributed by atoms with Crippen LogP contribution in [0.3, 0.4) is 0 Å². The van der Waals surface area contributed by atoms with Gasteiger partial charge in [-0.2, -0.15) is 0 Å². The Kier molecular flexibility index (Phi) is 5.94. The number of hydrogen-bond acceptors (Lipinski definition) is 4. The van der Waals surface area contributed by atoms with Crippen molar-refractivity contribution in [3.05, 3.63) is 28.3 Å². The smallest absolute Gasteiger partial charge is 0.314 e. The highest BCUT2D eigenvalue weighted by molar-refractivity contribution is 7.88. The second-order valence-corrected chi connectivity index (χ2v) is 9.04. The van der Waals surface area contributed by atoms with E-state index in [2.05, 4.69) is 0 Å². The van der Waals surface area contributed by atoms with Gasteiger partial charge in [-0.1, -0.05) is 25.4 Å². The third-order valence-electron chi connectivity index (χ3n) is 4.38. The summed E-state index contributed by atoms with van der Waals surface area (Å²) in [6.45, 7) is 6.62. The maximum absolute atomic E-state index is 12.5. The van der Waals surface area contributed by atoms with E-state index < -0.39 is 10.0 Å². The predicted molar refractivity (Wildman–Crippen MR) is 95.1 cm³/mol. The van der Waals surface area contributed by atoms with Gasteiger partial charge < -0.3 is 4.74 Å². The van der Waals surface area contributed by atoms with Gasteiger partial charge in [0.1, 0.15) is 5.75 Å². The molecule has 0 bridgehead atoms. The number of hydrogen-bond donors (Lipinski definition) is 0. The van der Waals surface area contributed by atoms with Crippen LogP contribution >= 0.6 is 11.6 Å².